The van der Waals surface area contributed by atoms with Gasteiger partial charge in [-0.1, -0.05) is 32.1 Å². The molecule has 0 bridgehead atoms. The average Bonchev–Trinajstić information content (AvgIpc) is 2.31. The fraction of sp³-hybridized carbons (Fsp3) is 1.00. The summed E-state index contributed by atoms with van der Waals surface area (Å²) in [5.41, 5.74) is 6.30. The largest absolute Gasteiger partial charge is 0.381 e. The Morgan fingerprint density at radius 2 is 1.87 bits per heavy atom. The Bertz CT molecular complexity index is 171. The van der Waals surface area contributed by atoms with Crippen molar-refractivity contribution in [3.05, 3.63) is 0 Å². The summed E-state index contributed by atoms with van der Waals surface area (Å²) in [6.45, 7) is 1.86. The first-order valence-corrected chi connectivity index (χ1v) is 6.69. The lowest BCUT2D eigenvalue weighted by Gasteiger charge is -2.31. The van der Waals surface area contributed by atoms with Crippen molar-refractivity contribution in [3.8, 4) is 0 Å². The normalized spacial score (nSPS) is 31.4. The number of nitrogens with two attached hydrogens (primary N) is 1. The third-order valence-corrected chi connectivity index (χ3v) is 4.13. The second kappa shape index (κ2) is 5.86. The maximum Gasteiger partial charge on any atom is 0.0509 e. The van der Waals surface area contributed by atoms with Crippen LogP contribution < -0.4 is 5.73 Å². The van der Waals surface area contributed by atoms with Crippen LogP contribution in [0.4, 0.5) is 0 Å². The van der Waals surface area contributed by atoms with Gasteiger partial charge in [-0.05, 0) is 31.1 Å². The molecule has 1 saturated carbocycles. The highest BCUT2D eigenvalue weighted by Gasteiger charge is 2.24. The van der Waals surface area contributed by atoms with Crippen LogP contribution in [0, 0.1) is 11.8 Å². The smallest absolute Gasteiger partial charge is 0.0509 e. The lowest BCUT2D eigenvalue weighted by atomic mass is 9.81. The van der Waals surface area contributed by atoms with Crippen LogP contribution in [0.25, 0.3) is 0 Å². The molecule has 1 saturated heterocycles. The third kappa shape index (κ3) is 3.46. The van der Waals surface area contributed by atoms with Crippen molar-refractivity contribution >= 4 is 0 Å². The molecule has 0 aromatic heterocycles. The van der Waals surface area contributed by atoms with Crippen LogP contribution >= 0.6 is 0 Å². The van der Waals surface area contributed by atoms with Gasteiger partial charge in [0.2, 0.25) is 0 Å². The first-order chi connectivity index (χ1) is 7.36. The van der Waals surface area contributed by atoms with Crippen LogP contribution in [0.15, 0.2) is 0 Å². The molecule has 1 aliphatic carbocycles. The lowest BCUT2D eigenvalue weighted by Crippen LogP contribution is -2.37. The molecule has 0 amide bonds. The Kier molecular flexibility index (Phi) is 4.45. The van der Waals surface area contributed by atoms with Crippen LogP contribution in [0.5, 0.6) is 0 Å². The van der Waals surface area contributed by atoms with E-state index in [-0.39, 0.29) is 0 Å². The van der Waals surface area contributed by atoms with Gasteiger partial charge in [-0.15, -0.1) is 0 Å². The zero-order valence-electron chi connectivity index (χ0n) is 9.79. The zero-order chi connectivity index (χ0) is 10.5. The minimum Gasteiger partial charge on any atom is -0.381 e. The Labute approximate surface area is 93.6 Å². The van der Waals surface area contributed by atoms with E-state index in [2.05, 4.69) is 0 Å². The van der Waals surface area contributed by atoms with Gasteiger partial charge in [-0.2, -0.15) is 0 Å². The summed E-state index contributed by atoms with van der Waals surface area (Å²) in [6.07, 6.45) is 10.9. The van der Waals surface area contributed by atoms with Gasteiger partial charge in [-0.3, -0.25) is 0 Å². The maximum atomic E-state index is 6.30. The first kappa shape index (κ1) is 11.4. The van der Waals surface area contributed by atoms with E-state index >= 15 is 0 Å². The fourth-order valence-corrected chi connectivity index (χ4v) is 3.10. The minimum absolute atomic E-state index is 0.397. The highest BCUT2D eigenvalue weighted by atomic mass is 16.5. The van der Waals surface area contributed by atoms with E-state index in [1.54, 1.807) is 0 Å². The minimum atomic E-state index is 0.397. The molecular weight excluding hydrogens is 186 g/mol. The molecule has 0 aromatic rings. The Morgan fingerprint density at radius 3 is 2.53 bits per heavy atom. The van der Waals surface area contributed by atoms with Gasteiger partial charge in [0.25, 0.3) is 0 Å². The summed E-state index contributed by atoms with van der Waals surface area (Å²) in [4.78, 5) is 0. The number of rotatable bonds is 3. The second-order valence-corrected chi connectivity index (χ2v) is 5.38. The molecule has 1 heterocycles. The maximum absolute atomic E-state index is 6.30. The molecule has 2 nitrogen and oxygen atoms in total. The van der Waals surface area contributed by atoms with Crippen molar-refractivity contribution in [2.75, 3.05) is 13.2 Å². The second-order valence-electron chi connectivity index (χ2n) is 5.38. The summed E-state index contributed by atoms with van der Waals surface area (Å²) in [6, 6.07) is 0.397. The van der Waals surface area contributed by atoms with Gasteiger partial charge in [0.05, 0.1) is 6.61 Å². The summed E-state index contributed by atoms with van der Waals surface area (Å²) >= 11 is 0. The molecule has 15 heavy (non-hydrogen) atoms. The van der Waals surface area contributed by atoms with E-state index in [0.29, 0.717) is 12.0 Å². The number of hydrogen-bond donors (Lipinski definition) is 1. The molecule has 2 heteroatoms. The topological polar surface area (TPSA) is 35.2 Å². The summed E-state index contributed by atoms with van der Waals surface area (Å²) in [7, 11) is 0. The molecule has 88 valence electrons. The Morgan fingerprint density at radius 1 is 1.07 bits per heavy atom. The molecule has 2 fully saturated rings. The van der Waals surface area contributed by atoms with Crippen LogP contribution in [0.2, 0.25) is 0 Å². The molecular formula is C13H25NO. The van der Waals surface area contributed by atoms with Gasteiger partial charge in [0.15, 0.2) is 0 Å². The summed E-state index contributed by atoms with van der Waals surface area (Å²) in [5, 5.41) is 0. The predicted molar refractivity (Wildman–Crippen MR) is 62.7 cm³/mol. The molecule has 0 radical (unpaired) electrons. The zero-order valence-corrected chi connectivity index (χ0v) is 9.79. The van der Waals surface area contributed by atoms with Crippen molar-refractivity contribution in [1.29, 1.82) is 0 Å². The van der Waals surface area contributed by atoms with Gasteiger partial charge < -0.3 is 10.5 Å². The quantitative estimate of drug-likeness (QED) is 0.779. The van der Waals surface area contributed by atoms with Crippen LogP contribution in [-0.4, -0.2) is 19.3 Å². The van der Waals surface area contributed by atoms with Crippen LogP contribution in [-0.2, 0) is 4.74 Å². The van der Waals surface area contributed by atoms with E-state index in [1.807, 2.05) is 0 Å². The van der Waals surface area contributed by atoms with Gasteiger partial charge in [-0.25, -0.2) is 0 Å². The highest BCUT2D eigenvalue weighted by Crippen LogP contribution is 2.29. The Balaban J connectivity index is 1.72. The van der Waals surface area contributed by atoms with Crippen molar-refractivity contribution in [3.63, 3.8) is 0 Å². The SMILES string of the molecule is NC(CC1CCCCC1)C1CCCOC1. The molecule has 2 unspecified atom stereocenters. The predicted octanol–water partition coefficient (Wildman–Crippen LogP) is 2.71. The van der Waals surface area contributed by atoms with Gasteiger partial charge in [0.1, 0.15) is 0 Å². The van der Waals surface area contributed by atoms with E-state index in [4.69, 9.17) is 10.5 Å². The third-order valence-electron chi connectivity index (χ3n) is 4.13. The van der Waals surface area contributed by atoms with Crippen molar-refractivity contribution in [2.24, 2.45) is 17.6 Å². The highest BCUT2D eigenvalue weighted by molar-refractivity contribution is 4.79. The number of hydrogen-bond acceptors (Lipinski definition) is 2. The van der Waals surface area contributed by atoms with E-state index < -0.39 is 0 Å². The van der Waals surface area contributed by atoms with Crippen molar-refractivity contribution < 1.29 is 4.74 Å². The van der Waals surface area contributed by atoms with E-state index in [0.717, 1.165) is 19.1 Å². The molecule has 2 N–H and O–H groups in total. The molecule has 2 rings (SSSR count). The van der Waals surface area contributed by atoms with Crippen LogP contribution in [0.1, 0.15) is 51.4 Å². The van der Waals surface area contributed by atoms with Crippen molar-refractivity contribution in [1.82, 2.24) is 0 Å². The molecule has 0 spiro atoms. The van der Waals surface area contributed by atoms with E-state index in [9.17, 15) is 0 Å². The fourth-order valence-electron chi connectivity index (χ4n) is 3.10. The average molecular weight is 211 g/mol. The summed E-state index contributed by atoms with van der Waals surface area (Å²) < 4.78 is 5.51. The van der Waals surface area contributed by atoms with Gasteiger partial charge >= 0.3 is 0 Å². The van der Waals surface area contributed by atoms with Gasteiger partial charge in [0, 0.05) is 12.6 Å². The van der Waals surface area contributed by atoms with Crippen molar-refractivity contribution in [2.45, 2.75) is 57.4 Å². The van der Waals surface area contributed by atoms with E-state index in [1.165, 1.54) is 51.4 Å². The molecule has 0 aromatic carbocycles. The monoisotopic (exact) mass is 211 g/mol. The summed E-state index contributed by atoms with van der Waals surface area (Å²) in [5.74, 6) is 1.55. The van der Waals surface area contributed by atoms with Crippen LogP contribution in [0.3, 0.4) is 0 Å². The molecule has 2 atom stereocenters. The number of ether oxygens (including phenoxy) is 1. The standard InChI is InChI=1S/C13H25NO/c14-13(12-7-4-8-15-10-12)9-11-5-2-1-3-6-11/h11-13H,1-10,14H2. The molecule has 2 aliphatic rings. The Hall–Kier alpha value is -0.0800. The lowest BCUT2D eigenvalue weighted by molar-refractivity contribution is 0.0406. The molecule has 1 aliphatic heterocycles. The first-order valence-electron chi connectivity index (χ1n) is 6.69.